The van der Waals surface area contributed by atoms with Crippen LogP contribution in [0.15, 0.2) is 24.3 Å². The largest absolute Gasteiger partial charge is 0.514 e. The van der Waals surface area contributed by atoms with E-state index in [2.05, 4.69) is 0 Å². The molecule has 0 N–H and O–H groups in total. The molecule has 1 aliphatic carbocycles. The number of ether oxygens (including phenoxy) is 2. The number of hydrogen-bond donors (Lipinski definition) is 0. The van der Waals surface area contributed by atoms with Crippen molar-refractivity contribution in [2.75, 3.05) is 0 Å². The van der Waals surface area contributed by atoms with Gasteiger partial charge in [-0.15, -0.1) is 0 Å². The van der Waals surface area contributed by atoms with Crippen molar-refractivity contribution in [1.29, 1.82) is 0 Å². The zero-order chi connectivity index (χ0) is 13.0. The Morgan fingerprint density at radius 1 is 1.11 bits per heavy atom. The van der Waals surface area contributed by atoms with Crippen molar-refractivity contribution in [3.8, 4) is 5.75 Å². The number of carbonyl (C=O) groups excluding carboxylic acids is 1. The summed E-state index contributed by atoms with van der Waals surface area (Å²) in [5, 5.41) is 0. The molecule has 0 heterocycles. The van der Waals surface area contributed by atoms with Crippen molar-refractivity contribution >= 4 is 6.16 Å². The number of benzene rings is 1. The van der Waals surface area contributed by atoms with Crippen molar-refractivity contribution < 1.29 is 14.3 Å². The van der Waals surface area contributed by atoms with Gasteiger partial charge >= 0.3 is 6.16 Å². The molecule has 0 spiro atoms. The van der Waals surface area contributed by atoms with Crippen molar-refractivity contribution in [2.45, 2.75) is 51.6 Å². The lowest BCUT2D eigenvalue weighted by molar-refractivity contribution is -0.0247. The van der Waals surface area contributed by atoms with E-state index >= 15 is 0 Å². The summed E-state index contributed by atoms with van der Waals surface area (Å²) in [6.45, 7) is 3.98. The first kappa shape index (κ1) is 12.9. The second kappa shape index (κ2) is 5.42. The molecule has 0 saturated heterocycles. The van der Waals surface area contributed by atoms with E-state index in [1.165, 1.54) is 6.42 Å². The fourth-order valence-corrected chi connectivity index (χ4v) is 2.33. The Bertz CT molecular complexity index is 402. The van der Waals surface area contributed by atoms with Crippen LogP contribution in [0.4, 0.5) is 4.79 Å². The lowest BCUT2D eigenvalue weighted by Gasteiger charge is -2.32. The smallest absolute Gasteiger partial charge is 0.428 e. The Labute approximate surface area is 108 Å². The van der Waals surface area contributed by atoms with Crippen LogP contribution in [0, 0.1) is 6.92 Å². The molecule has 0 atom stereocenters. The first-order valence-electron chi connectivity index (χ1n) is 6.55. The first-order valence-corrected chi connectivity index (χ1v) is 6.55. The fourth-order valence-electron chi connectivity index (χ4n) is 2.33. The average molecular weight is 248 g/mol. The third-order valence-electron chi connectivity index (χ3n) is 3.46. The molecule has 3 heteroatoms. The van der Waals surface area contributed by atoms with E-state index in [1.54, 1.807) is 12.1 Å². The van der Waals surface area contributed by atoms with Crippen molar-refractivity contribution in [1.82, 2.24) is 0 Å². The van der Waals surface area contributed by atoms with E-state index in [1.807, 2.05) is 26.0 Å². The van der Waals surface area contributed by atoms with Gasteiger partial charge in [-0.25, -0.2) is 4.79 Å². The van der Waals surface area contributed by atoms with Gasteiger partial charge in [0.2, 0.25) is 0 Å². The Morgan fingerprint density at radius 3 is 2.33 bits per heavy atom. The number of rotatable bonds is 2. The molecular weight excluding hydrogens is 228 g/mol. The highest BCUT2D eigenvalue weighted by molar-refractivity contribution is 5.64. The molecule has 2 rings (SSSR count). The minimum atomic E-state index is -0.594. The third-order valence-corrected chi connectivity index (χ3v) is 3.46. The van der Waals surface area contributed by atoms with Crippen LogP contribution in [0.5, 0.6) is 5.75 Å². The van der Waals surface area contributed by atoms with Gasteiger partial charge in [0, 0.05) is 0 Å². The highest BCUT2D eigenvalue weighted by Crippen LogP contribution is 2.31. The summed E-state index contributed by atoms with van der Waals surface area (Å²) in [5.74, 6) is 0.532. The van der Waals surface area contributed by atoms with Gasteiger partial charge in [0.05, 0.1) is 0 Å². The van der Waals surface area contributed by atoms with Gasteiger partial charge < -0.3 is 9.47 Å². The molecule has 98 valence electrons. The summed E-state index contributed by atoms with van der Waals surface area (Å²) in [5.41, 5.74) is 0.787. The molecule has 18 heavy (non-hydrogen) atoms. The molecule has 0 aliphatic heterocycles. The molecule has 1 aromatic carbocycles. The van der Waals surface area contributed by atoms with E-state index in [-0.39, 0.29) is 5.60 Å². The van der Waals surface area contributed by atoms with Gasteiger partial charge in [-0.05, 0) is 51.7 Å². The number of hydrogen-bond acceptors (Lipinski definition) is 3. The van der Waals surface area contributed by atoms with Crippen LogP contribution in [-0.4, -0.2) is 11.8 Å². The Hall–Kier alpha value is -1.51. The maximum atomic E-state index is 11.7. The van der Waals surface area contributed by atoms with E-state index < -0.39 is 6.16 Å². The van der Waals surface area contributed by atoms with Gasteiger partial charge in [0.15, 0.2) is 0 Å². The highest BCUT2D eigenvalue weighted by atomic mass is 16.7. The molecule has 0 bridgehead atoms. The lowest BCUT2D eigenvalue weighted by Crippen LogP contribution is -2.35. The standard InChI is InChI=1S/C15H20O3/c1-12-6-8-13(9-7-12)17-14(16)18-15(2)10-4-3-5-11-15/h6-9H,3-5,10-11H2,1-2H3. The Balaban J connectivity index is 1.90. The molecule has 1 aromatic rings. The predicted molar refractivity (Wildman–Crippen MR) is 69.8 cm³/mol. The summed E-state index contributed by atoms with van der Waals surface area (Å²) in [4.78, 5) is 11.7. The van der Waals surface area contributed by atoms with Crippen LogP contribution in [0.1, 0.15) is 44.6 Å². The summed E-state index contributed by atoms with van der Waals surface area (Å²) in [7, 11) is 0. The molecule has 1 saturated carbocycles. The van der Waals surface area contributed by atoms with Crippen molar-refractivity contribution in [3.05, 3.63) is 29.8 Å². The maximum Gasteiger partial charge on any atom is 0.514 e. The third kappa shape index (κ3) is 3.49. The summed E-state index contributed by atoms with van der Waals surface area (Å²) < 4.78 is 10.6. The zero-order valence-electron chi connectivity index (χ0n) is 11.1. The molecule has 0 radical (unpaired) electrons. The predicted octanol–water partition coefficient (Wildman–Crippen LogP) is 4.23. The van der Waals surface area contributed by atoms with Gasteiger partial charge in [-0.1, -0.05) is 24.1 Å². The zero-order valence-corrected chi connectivity index (χ0v) is 11.1. The van der Waals surface area contributed by atoms with E-state index in [0.29, 0.717) is 5.75 Å². The molecule has 0 aromatic heterocycles. The second-order valence-corrected chi connectivity index (χ2v) is 5.28. The lowest BCUT2D eigenvalue weighted by atomic mass is 9.86. The molecule has 1 aliphatic rings. The maximum absolute atomic E-state index is 11.7. The minimum absolute atomic E-state index is 0.347. The van der Waals surface area contributed by atoms with Crippen molar-refractivity contribution in [2.24, 2.45) is 0 Å². The summed E-state index contributed by atoms with van der Waals surface area (Å²) in [6.07, 6.45) is 4.73. The topological polar surface area (TPSA) is 35.5 Å². The quantitative estimate of drug-likeness (QED) is 0.580. The highest BCUT2D eigenvalue weighted by Gasteiger charge is 2.31. The SMILES string of the molecule is Cc1ccc(OC(=O)OC2(C)CCCCC2)cc1. The molecule has 0 unspecified atom stereocenters. The summed E-state index contributed by atoms with van der Waals surface area (Å²) in [6, 6.07) is 7.37. The van der Waals surface area contributed by atoms with Crippen LogP contribution < -0.4 is 4.74 Å². The van der Waals surface area contributed by atoms with Crippen LogP contribution in [0.2, 0.25) is 0 Å². The average Bonchev–Trinajstić information content (AvgIpc) is 2.32. The van der Waals surface area contributed by atoms with E-state index in [9.17, 15) is 4.79 Å². The van der Waals surface area contributed by atoms with Gasteiger partial charge in [0.1, 0.15) is 11.4 Å². The van der Waals surface area contributed by atoms with Crippen LogP contribution in [-0.2, 0) is 4.74 Å². The van der Waals surface area contributed by atoms with Crippen LogP contribution in [0.3, 0.4) is 0 Å². The Kier molecular flexibility index (Phi) is 3.90. The normalized spacial score (nSPS) is 18.1. The Morgan fingerprint density at radius 2 is 1.72 bits per heavy atom. The molecular formula is C15H20O3. The van der Waals surface area contributed by atoms with E-state index in [0.717, 1.165) is 31.2 Å². The van der Waals surface area contributed by atoms with Crippen LogP contribution in [0.25, 0.3) is 0 Å². The first-order chi connectivity index (χ1) is 8.57. The minimum Gasteiger partial charge on any atom is -0.428 e. The summed E-state index contributed by atoms with van der Waals surface area (Å²) >= 11 is 0. The second-order valence-electron chi connectivity index (χ2n) is 5.28. The van der Waals surface area contributed by atoms with Crippen LogP contribution >= 0.6 is 0 Å². The molecule has 1 fully saturated rings. The fraction of sp³-hybridized carbons (Fsp3) is 0.533. The number of carbonyl (C=O) groups is 1. The van der Waals surface area contributed by atoms with E-state index in [4.69, 9.17) is 9.47 Å². The molecule has 3 nitrogen and oxygen atoms in total. The monoisotopic (exact) mass is 248 g/mol. The molecule has 0 amide bonds. The van der Waals surface area contributed by atoms with Gasteiger partial charge in [-0.3, -0.25) is 0 Å². The van der Waals surface area contributed by atoms with Gasteiger partial charge in [-0.2, -0.15) is 0 Å². The number of aryl methyl sites for hydroxylation is 1. The van der Waals surface area contributed by atoms with Gasteiger partial charge in [0.25, 0.3) is 0 Å². The van der Waals surface area contributed by atoms with Crippen molar-refractivity contribution in [3.63, 3.8) is 0 Å².